The van der Waals surface area contributed by atoms with Gasteiger partial charge in [-0.05, 0) is 43.7 Å². The van der Waals surface area contributed by atoms with Crippen LogP contribution in [0.15, 0.2) is 59.7 Å². The van der Waals surface area contributed by atoms with Gasteiger partial charge >= 0.3 is 0 Å². The Hall–Kier alpha value is -2.69. The molecule has 4 nitrogen and oxygen atoms in total. The summed E-state index contributed by atoms with van der Waals surface area (Å²) in [5.74, 6) is -0.549. The Morgan fingerprint density at radius 1 is 1.09 bits per heavy atom. The highest BCUT2D eigenvalue weighted by Crippen LogP contribution is 2.07. The van der Waals surface area contributed by atoms with Gasteiger partial charge in [0.25, 0.3) is 5.91 Å². The first-order valence-electron chi connectivity index (χ1n) is 6.98. The lowest BCUT2D eigenvalue weighted by Gasteiger charge is -2.13. The minimum absolute atomic E-state index is 0.245. The molecule has 1 amide bonds. The molecule has 1 atom stereocenters. The number of para-hydroxylation sites is 1. The van der Waals surface area contributed by atoms with Crippen LogP contribution < -0.4 is 10.7 Å². The lowest BCUT2D eigenvalue weighted by molar-refractivity contribution is -0.121. The van der Waals surface area contributed by atoms with Gasteiger partial charge in [0.2, 0.25) is 0 Å². The maximum Gasteiger partial charge on any atom is 0.262 e. The fraction of sp³-hybridized carbons (Fsp3) is 0.176. The number of benzene rings is 2. The Morgan fingerprint density at radius 3 is 2.36 bits per heavy atom. The molecule has 0 fully saturated rings. The van der Waals surface area contributed by atoms with E-state index in [0.29, 0.717) is 5.71 Å². The van der Waals surface area contributed by atoms with Crippen LogP contribution in [0.1, 0.15) is 19.4 Å². The number of carbonyl (C=O) groups is 1. The van der Waals surface area contributed by atoms with Crippen molar-refractivity contribution in [1.82, 2.24) is 5.43 Å². The van der Waals surface area contributed by atoms with Crippen molar-refractivity contribution in [3.63, 3.8) is 0 Å². The maximum absolute atomic E-state index is 12.9. The summed E-state index contributed by atoms with van der Waals surface area (Å²) in [4.78, 5) is 12.0. The van der Waals surface area contributed by atoms with Gasteiger partial charge in [-0.1, -0.05) is 30.3 Å². The number of rotatable bonds is 5. The molecular formula is C17H18FN3O. The van der Waals surface area contributed by atoms with Crippen molar-refractivity contribution in [2.45, 2.75) is 19.9 Å². The number of nitrogens with one attached hydrogen (secondary N) is 2. The first-order valence-corrected chi connectivity index (χ1v) is 6.98. The van der Waals surface area contributed by atoms with E-state index in [1.54, 1.807) is 26.0 Å². The van der Waals surface area contributed by atoms with Crippen LogP contribution in [0.3, 0.4) is 0 Å². The molecule has 0 spiro atoms. The Bertz CT molecular complexity index is 653. The van der Waals surface area contributed by atoms with Crippen molar-refractivity contribution >= 4 is 17.3 Å². The molecule has 2 aromatic rings. The van der Waals surface area contributed by atoms with Crippen molar-refractivity contribution < 1.29 is 9.18 Å². The number of hydrogen-bond donors (Lipinski definition) is 2. The van der Waals surface area contributed by atoms with E-state index in [2.05, 4.69) is 15.8 Å². The summed E-state index contributed by atoms with van der Waals surface area (Å²) >= 11 is 0. The molecule has 0 aliphatic rings. The second-order valence-electron chi connectivity index (χ2n) is 4.91. The Labute approximate surface area is 129 Å². The fourth-order valence-corrected chi connectivity index (χ4v) is 1.84. The highest BCUT2D eigenvalue weighted by molar-refractivity contribution is 5.99. The third kappa shape index (κ3) is 4.41. The van der Waals surface area contributed by atoms with Gasteiger partial charge in [0, 0.05) is 5.69 Å². The van der Waals surface area contributed by atoms with Crippen LogP contribution in [0.4, 0.5) is 10.1 Å². The van der Waals surface area contributed by atoms with Crippen molar-refractivity contribution in [3.05, 3.63) is 66.0 Å². The maximum atomic E-state index is 12.9. The first kappa shape index (κ1) is 15.7. The highest BCUT2D eigenvalue weighted by atomic mass is 19.1. The van der Waals surface area contributed by atoms with Crippen LogP contribution >= 0.6 is 0 Å². The van der Waals surface area contributed by atoms with Gasteiger partial charge in [0.05, 0.1) is 5.71 Å². The van der Waals surface area contributed by atoms with Gasteiger partial charge in [-0.2, -0.15) is 5.10 Å². The molecule has 5 heteroatoms. The summed E-state index contributed by atoms with van der Waals surface area (Å²) in [7, 11) is 0. The first-order chi connectivity index (χ1) is 10.6. The Balaban J connectivity index is 1.93. The van der Waals surface area contributed by atoms with Crippen molar-refractivity contribution in [1.29, 1.82) is 0 Å². The number of hydrogen-bond acceptors (Lipinski definition) is 3. The highest BCUT2D eigenvalue weighted by Gasteiger charge is 2.11. The molecule has 0 saturated heterocycles. The molecule has 0 unspecified atom stereocenters. The summed E-state index contributed by atoms with van der Waals surface area (Å²) in [6, 6.07) is 15.0. The molecule has 2 N–H and O–H groups in total. The SMILES string of the molecule is CC(=NNC(=O)[C@H](C)Nc1ccccc1)c1ccc(F)cc1. The average molecular weight is 299 g/mol. The standard InChI is InChI=1S/C17H18FN3O/c1-12(14-8-10-15(18)11-9-14)20-21-17(22)13(2)19-16-6-4-3-5-7-16/h3-11,13,19H,1-2H3,(H,21,22)/t13-/m0/s1. The molecule has 0 aliphatic heterocycles. The summed E-state index contributed by atoms with van der Waals surface area (Å²) < 4.78 is 12.9. The van der Waals surface area contributed by atoms with Crippen LogP contribution in [-0.2, 0) is 4.79 Å². The summed E-state index contributed by atoms with van der Waals surface area (Å²) in [5.41, 5.74) is 4.74. The van der Waals surface area contributed by atoms with Crippen molar-refractivity contribution in [2.24, 2.45) is 5.10 Å². The monoisotopic (exact) mass is 299 g/mol. The molecule has 22 heavy (non-hydrogen) atoms. The van der Waals surface area contributed by atoms with Crippen LogP contribution in [0, 0.1) is 5.82 Å². The summed E-state index contributed by atoms with van der Waals surface area (Å²) in [6.07, 6.45) is 0. The summed E-state index contributed by atoms with van der Waals surface area (Å²) in [6.45, 7) is 3.51. The van der Waals surface area contributed by atoms with E-state index in [4.69, 9.17) is 0 Å². The van der Waals surface area contributed by atoms with Crippen LogP contribution in [0.2, 0.25) is 0 Å². The van der Waals surface area contributed by atoms with Crippen molar-refractivity contribution in [3.8, 4) is 0 Å². The third-order valence-corrected chi connectivity index (χ3v) is 3.15. The quantitative estimate of drug-likeness (QED) is 0.658. The second-order valence-corrected chi connectivity index (χ2v) is 4.91. The van der Waals surface area contributed by atoms with Gasteiger partial charge in [0.1, 0.15) is 11.9 Å². The summed E-state index contributed by atoms with van der Waals surface area (Å²) in [5, 5.41) is 7.12. The smallest absolute Gasteiger partial charge is 0.262 e. The molecule has 0 bridgehead atoms. The van der Waals surface area contributed by atoms with E-state index in [1.807, 2.05) is 30.3 Å². The lowest BCUT2D eigenvalue weighted by atomic mass is 10.1. The van der Waals surface area contributed by atoms with E-state index >= 15 is 0 Å². The van der Waals surface area contributed by atoms with Gasteiger partial charge in [-0.3, -0.25) is 4.79 Å². The van der Waals surface area contributed by atoms with E-state index in [9.17, 15) is 9.18 Å². The largest absolute Gasteiger partial charge is 0.374 e. The van der Waals surface area contributed by atoms with E-state index in [-0.39, 0.29) is 11.7 Å². The number of anilines is 1. The average Bonchev–Trinajstić information content (AvgIpc) is 2.53. The molecule has 114 valence electrons. The van der Waals surface area contributed by atoms with Crippen LogP contribution in [0.25, 0.3) is 0 Å². The molecule has 0 aliphatic carbocycles. The van der Waals surface area contributed by atoms with E-state index < -0.39 is 6.04 Å². The zero-order valence-electron chi connectivity index (χ0n) is 12.5. The van der Waals surface area contributed by atoms with E-state index in [1.165, 1.54) is 12.1 Å². The number of halogens is 1. The molecule has 2 aromatic carbocycles. The molecule has 0 radical (unpaired) electrons. The normalized spacial score (nSPS) is 12.6. The van der Waals surface area contributed by atoms with Gasteiger partial charge in [-0.25, -0.2) is 9.82 Å². The third-order valence-electron chi connectivity index (χ3n) is 3.15. The topological polar surface area (TPSA) is 53.5 Å². The van der Waals surface area contributed by atoms with E-state index in [0.717, 1.165) is 11.3 Å². The number of amides is 1. The van der Waals surface area contributed by atoms with Gasteiger partial charge in [-0.15, -0.1) is 0 Å². The number of nitrogens with zero attached hydrogens (tertiary/aromatic N) is 1. The Kier molecular flexibility index (Phi) is 5.25. The zero-order valence-corrected chi connectivity index (χ0v) is 12.5. The predicted molar refractivity (Wildman–Crippen MR) is 86.3 cm³/mol. The fourth-order valence-electron chi connectivity index (χ4n) is 1.84. The van der Waals surface area contributed by atoms with Crippen LogP contribution in [-0.4, -0.2) is 17.7 Å². The predicted octanol–water partition coefficient (Wildman–Crippen LogP) is 3.17. The molecule has 2 rings (SSSR count). The minimum Gasteiger partial charge on any atom is -0.374 e. The zero-order chi connectivity index (χ0) is 15.9. The molecular weight excluding hydrogens is 281 g/mol. The minimum atomic E-state index is -0.424. The number of hydrazone groups is 1. The van der Waals surface area contributed by atoms with Gasteiger partial charge < -0.3 is 5.32 Å². The van der Waals surface area contributed by atoms with Crippen LogP contribution in [0.5, 0.6) is 0 Å². The van der Waals surface area contributed by atoms with Crippen molar-refractivity contribution in [2.75, 3.05) is 5.32 Å². The molecule has 0 aromatic heterocycles. The molecule has 0 saturated carbocycles. The lowest BCUT2D eigenvalue weighted by Crippen LogP contribution is -2.35. The van der Waals surface area contributed by atoms with Gasteiger partial charge in [0.15, 0.2) is 0 Å². The number of carbonyl (C=O) groups excluding carboxylic acids is 1. The Morgan fingerprint density at radius 2 is 1.73 bits per heavy atom. The molecule has 0 heterocycles. The second kappa shape index (κ2) is 7.36.